The molecule has 0 saturated heterocycles. The Balaban J connectivity index is 0.000000366. The van der Waals surface area contributed by atoms with Crippen LogP contribution in [0.4, 0.5) is 5.82 Å². The van der Waals surface area contributed by atoms with Crippen LogP contribution in [0.2, 0.25) is 0 Å². The van der Waals surface area contributed by atoms with Crippen LogP contribution in [0, 0.1) is 5.92 Å². The second-order valence-electron chi connectivity index (χ2n) is 7.17. The van der Waals surface area contributed by atoms with Crippen LogP contribution in [0.3, 0.4) is 0 Å². The average molecular weight is 430 g/mol. The van der Waals surface area contributed by atoms with Crippen molar-refractivity contribution in [3.05, 3.63) is 36.4 Å². The lowest BCUT2D eigenvalue weighted by molar-refractivity contribution is -0.134. The lowest BCUT2D eigenvalue weighted by Crippen LogP contribution is -2.15. The molecule has 31 heavy (non-hydrogen) atoms. The molecule has 1 aliphatic rings. The van der Waals surface area contributed by atoms with E-state index in [4.69, 9.17) is 14.9 Å². The SMILES string of the molecule is CN(C)CCCOc1ccc2ccc(NC(=O)C3CC3)nc2n1.O=C(O)/C=C/C(=O)O. The fourth-order valence-electron chi connectivity index (χ4n) is 2.41. The largest absolute Gasteiger partial charge is 0.478 e. The number of carbonyl (C=O) groups is 3. The fraction of sp³-hybridized carbons (Fsp3) is 0.381. The summed E-state index contributed by atoms with van der Waals surface area (Å²) in [5, 5.41) is 19.4. The van der Waals surface area contributed by atoms with Gasteiger partial charge in [0.2, 0.25) is 11.8 Å². The Labute approximate surface area is 179 Å². The van der Waals surface area contributed by atoms with Gasteiger partial charge < -0.3 is 25.2 Å². The van der Waals surface area contributed by atoms with Crippen LogP contribution in [0.1, 0.15) is 19.3 Å². The number of carboxylic acids is 2. The van der Waals surface area contributed by atoms with Crippen LogP contribution in [-0.2, 0) is 14.4 Å². The van der Waals surface area contributed by atoms with Gasteiger partial charge in [0.1, 0.15) is 5.82 Å². The van der Waals surface area contributed by atoms with Crippen molar-refractivity contribution in [3.63, 3.8) is 0 Å². The van der Waals surface area contributed by atoms with Crippen LogP contribution in [0.5, 0.6) is 5.88 Å². The maximum absolute atomic E-state index is 11.8. The standard InChI is InChI=1S/C17H22N4O2.C4H4O4/c1-21(2)10-3-11-23-15-9-7-12-6-8-14(18-16(12)20-15)19-17(22)13-4-5-13;5-3(6)1-2-4(7)8/h6-9,13H,3-5,10-11H2,1-2H3,(H,18,19,20,22);1-2H,(H,5,6)(H,7,8)/b;2-1+. The minimum absolute atomic E-state index is 0.0490. The zero-order valence-corrected chi connectivity index (χ0v) is 17.4. The van der Waals surface area contributed by atoms with Crippen molar-refractivity contribution < 1.29 is 29.3 Å². The number of nitrogens with one attached hydrogen (secondary N) is 1. The number of anilines is 1. The summed E-state index contributed by atoms with van der Waals surface area (Å²) in [5.74, 6) is -1.19. The zero-order valence-electron chi connectivity index (χ0n) is 17.4. The third-order valence-electron chi connectivity index (χ3n) is 4.09. The van der Waals surface area contributed by atoms with E-state index in [1.165, 1.54) is 0 Å². The number of hydrogen-bond donors (Lipinski definition) is 3. The summed E-state index contributed by atoms with van der Waals surface area (Å²) in [6.45, 7) is 1.60. The van der Waals surface area contributed by atoms with Crippen molar-refractivity contribution in [1.29, 1.82) is 0 Å². The highest BCUT2D eigenvalue weighted by molar-refractivity contribution is 5.94. The number of aliphatic carboxylic acids is 2. The number of ether oxygens (including phenoxy) is 1. The molecular formula is C21H26N4O6. The number of hydrogen-bond acceptors (Lipinski definition) is 7. The first-order valence-electron chi connectivity index (χ1n) is 9.74. The number of aromatic nitrogens is 2. The monoisotopic (exact) mass is 430 g/mol. The van der Waals surface area contributed by atoms with E-state index in [1.807, 2.05) is 38.4 Å². The quantitative estimate of drug-likeness (QED) is 0.402. The van der Waals surface area contributed by atoms with Crippen molar-refractivity contribution in [3.8, 4) is 5.88 Å². The third kappa shape index (κ3) is 9.22. The van der Waals surface area contributed by atoms with Crippen molar-refractivity contribution in [2.24, 2.45) is 5.92 Å². The van der Waals surface area contributed by atoms with Crippen molar-refractivity contribution in [1.82, 2.24) is 14.9 Å². The highest BCUT2D eigenvalue weighted by Gasteiger charge is 2.29. The topological polar surface area (TPSA) is 142 Å². The van der Waals surface area contributed by atoms with Gasteiger partial charge in [-0.05, 0) is 51.6 Å². The molecule has 2 heterocycles. The molecule has 0 bridgehead atoms. The molecule has 0 spiro atoms. The summed E-state index contributed by atoms with van der Waals surface area (Å²) in [4.78, 5) is 41.9. The summed E-state index contributed by atoms with van der Waals surface area (Å²) in [5.41, 5.74) is 0.587. The molecule has 2 aromatic rings. The smallest absolute Gasteiger partial charge is 0.328 e. The fourth-order valence-corrected chi connectivity index (χ4v) is 2.41. The van der Waals surface area contributed by atoms with Gasteiger partial charge in [0.05, 0.1) is 6.61 Å². The number of pyridine rings is 2. The Morgan fingerprint density at radius 2 is 1.74 bits per heavy atom. The number of carboxylic acid groups (broad SMARTS) is 2. The Kier molecular flexibility index (Phi) is 8.89. The average Bonchev–Trinajstić information content (AvgIpc) is 3.55. The first-order chi connectivity index (χ1) is 14.7. The number of rotatable bonds is 9. The molecule has 0 unspecified atom stereocenters. The van der Waals surface area contributed by atoms with Crippen LogP contribution in [0.15, 0.2) is 36.4 Å². The highest BCUT2D eigenvalue weighted by Crippen LogP contribution is 2.30. The Morgan fingerprint density at radius 1 is 1.10 bits per heavy atom. The van der Waals surface area contributed by atoms with Gasteiger partial charge in [-0.1, -0.05) is 0 Å². The van der Waals surface area contributed by atoms with E-state index in [-0.39, 0.29) is 11.8 Å². The predicted octanol–water partition coefficient (Wildman–Crippen LogP) is 2.02. The second-order valence-corrected chi connectivity index (χ2v) is 7.17. The summed E-state index contributed by atoms with van der Waals surface area (Å²) in [6.07, 6.45) is 4.01. The lowest BCUT2D eigenvalue weighted by Gasteiger charge is -2.10. The van der Waals surface area contributed by atoms with Gasteiger partial charge in [0.15, 0.2) is 5.65 Å². The summed E-state index contributed by atoms with van der Waals surface area (Å²) >= 11 is 0. The molecule has 3 rings (SSSR count). The summed E-state index contributed by atoms with van der Waals surface area (Å²) < 4.78 is 5.67. The lowest BCUT2D eigenvalue weighted by atomic mass is 10.3. The van der Waals surface area contributed by atoms with Crippen molar-refractivity contribution >= 4 is 34.7 Å². The molecule has 0 atom stereocenters. The molecule has 10 nitrogen and oxygen atoms in total. The Morgan fingerprint density at radius 3 is 2.32 bits per heavy atom. The molecule has 0 aliphatic heterocycles. The number of carbonyl (C=O) groups excluding carboxylic acids is 1. The third-order valence-corrected chi connectivity index (χ3v) is 4.09. The van der Waals surface area contributed by atoms with Crippen LogP contribution < -0.4 is 10.1 Å². The van der Waals surface area contributed by atoms with Gasteiger partial charge in [-0.2, -0.15) is 4.98 Å². The van der Waals surface area contributed by atoms with E-state index >= 15 is 0 Å². The van der Waals surface area contributed by atoms with E-state index in [1.54, 1.807) is 0 Å². The minimum Gasteiger partial charge on any atom is -0.478 e. The van der Waals surface area contributed by atoms with E-state index < -0.39 is 11.9 Å². The molecule has 0 radical (unpaired) electrons. The number of fused-ring (bicyclic) bond motifs is 1. The number of nitrogens with zero attached hydrogens (tertiary/aromatic N) is 3. The number of amides is 1. The van der Waals surface area contributed by atoms with Gasteiger partial charge in [-0.25, -0.2) is 14.6 Å². The first-order valence-corrected chi connectivity index (χ1v) is 9.74. The summed E-state index contributed by atoms with van der Waals surface area (Å²) in [7, 11) is 4.07. The Hall–Kier alpha value is -3.53. The van der Waals surface area contributed by atoms with E-state index in [9.17, 15) is 14.4 Å². The van der Waals surface area contributed by atoms with E-state index in [0.717, 1.165) is 31.2 Å². The van der Waals surface area contributed by atoms with E-state index in [2.05, 4.69) is 20.2 Å². The normalized spacial score (nSPS) is 13.0. The molecule has 1 saturated carbocycles. The molecule has 3 N–H and O–H groups in total. The molecular weight excluding hydrogens is 404 g/mol. The van der Waals surface area contributed by atoms with Crippen molar-refractivity contribution in [2.75, 3.05) is 32.6 Å². The Bertz CT molecular complexity index is 940. The molecule has 166 valence electrons. The van der Waals surface area contributed by atoms with Crippen LogP contribution >= 0.6 is 0 Å². The van der Waals surface area contributed by atoms with Crippen molar-refractivity contribution in [2.45, 2.75) is 19.3 Å². The van der Waals surface area contributed by atoms with Crippen LogP contribution in [-0.4, -0.2) is 70.2 Å². The predicted molar refractivity (Wildman–Crippen MR) is 114 cm³/mol. The molecule has 1 fully saturated rings. The second kappa shape index (κ2) is 11.6. The molecule has 10 heteroatoms. The highest BCUT2D eigenvalue weighted by atomic mass is 16.5. The van der Waals surface area contributed by atoms with Gasteiger partial charge in [-0.3, -0.25) is 4.79 Å². The van der Waals surface area contributed by atoms with Crippen LogP contribution in [0.25, 0.3) is 11.0 Å². The van der Waals surface area contributed by atoms with Gasteiger partial charge in [0.25, 0.3) is 0 Å². The summed E-state index contributed by atoms with van der Waals surface area (Å²) in [6, 6.07) is 7.50. The molecule has 1 aliphatic carbocycles. The van der Waals surface area contributed by atoms with Gasteiger partial charge >= 0.3 is 11.9 Å². The first kappa shape index (κ1) is 23.7. The molecule has 1 amide bonds. The van der Waals surface area contributed by atoms with Gasteiger partial charge in [-0.15, -0.1) is 0 Å². The van der Waals surface area contributed by atoms with Gasteiger partial charge in [0, 0.05) is 36.1 Å². The maximum atomic E-state index is 11.8. The molecule has 2 aromatic heterocycles. The zero-order chi connectivity index (χ0) is 22.8. The van der Waals surface area contributed by atoms with E-state index in [0.29, 0.717) is 36.1 Å². The minimum atomic E-state index is -1.26. The maximum Gasteiger partial charge on any atom is 0.328 e. The molecule has 0 aromatic carbocycles.